The van der Waals surface area contributed by atoms with Crippen LogP contribution >= 0.6 is 34.0 Å². The number of fused-ring (bicyclic) bond motifs is 3. The van der Waals surface area contributed by atoms with Crippen LogP contribution < -0.4 is 0 Å². The van der Waals surface area contributed by atoms with E-state index >= 15 is 0 Å². The van der Waals surface area contributed by atoms with E-state index in [4.69, 9.17) is 0 Å². The standard InChI is InChI=1S/C70H80O2S3/c1-5-9-13-17-23-51-29-37-55(38-30-51)69(71,56-39-31-52(32-40-56)24-18-14-10-6-2)63-47-59-60-48-64(62(66-28-22-46-74-66)50-68(60)75-67(59)49-61(63)65-27-21-45-73-65)70(72,57-41-33-53(34-42-57)25-19-15-11-7-3)58-43-35-54(36-44-58)26-20-16-12-8-4/h21-22,27-50,71-72H,5-20,23-26H2,1-4H3. The van der Waals surface area contributed by atoms with E-state index in [0.29, 0.717) is 0 Å². The van der Waals surface area contributed by atoms with Gasteiger partial charge in [0.2, 0.25) is 0 Å². The molecule has 0 fully saturated rings. The first kappa shape index (κ1) is 54.6. The molecule has 5 heteroatoms. The molecule has 0 atom stereocenters. The minimum atomic E-state index is -1.47. The zero-order valence-electron chi connectivity index (χ0n) is 45.3. The van der Waals surface area contributed by atoms with Crippen molar-refractivity contribution in [3.8, 4) is 20.9 Å². The molecule has 9 rings (SSSR count). The second kappa shape index (κ2) is 26.3. The Balaban J connectivity index is 1.24. The van der Waals surface area contributed by atoms with E-state index < -0.39 is 11.2 Å². The van der Waals surface area contributed by atoms with Crippen molar-refractivity contribution in [1.29, 1.82) is 0 Å². The normalized spacial score (nSPS) is 12.1. The summed E-state index contributed by atoms with van der Waals surface area (Å²) in [5, 5.41) is 34.6. The second-order valence-electron chi connectivity index (χ2n) is 21.3. The number of unbranched alkanes of at least 4 members (excludes halogenated alkanes) is 12. The van der Waals surface area contributed by atoms with Gasteiger partial charge < -0.3 is 10.2 Å². The monoisotopic (exact) mass is 1050 g/mol. The van der Waals surface area contributed by atoms with Crippen molar-refractivity contribution in [3.05, 3.63) is 212 Å². The lowest BCUT2D eigenvalue weighted by molar-refractivity contribution is 0.126. The third-order valence-corrected chi connectivity index (χ3v) is 18.8. The first-order valence-electron chi connectivity index (χ1n) is 28.7. The molecule has 2 nitrogen and oxygen atoms in total. The highest BCUT2D eigenvalue weighted by molar-refractivity contribution is 7.26. The predicted octanol–water partition coefficient (Wildman–Crippen LogP) is 20.6. The van der Waals surface area contributed by atoms with Crippen molar-refractivity contribution in [2.45, 2.75) is 167 Å². The average molecular weight is 1050 g/mol. The molecule has 2 N–H and O–H groups in total. The minimum absolute atomic E-state index is 0.866. The molecule has 3 aromatic heterocycles. The maximum atomic E-state index is 14.1. The first-order chi connectivity index (χ1) is 36.8. The lowest BCUT2D eigenvalue weighted by Crippen LogP contribution is -2.30. The number of aliphatic hydroxyl groups is 2. The molecule has 0 bridgehead atoms. The smallest absolute Gasteiger partial charge is 0.141 e. The molecule has 0 amide bonds. The van der Waals surface area contributed by atoms with E-state index in [-0.39, 0.29) is 0 Å². The topological polar surface area (TPSA) is 40.5 Å². The largest absolute Gasteiger partial charge is 0.376 e. The van der Waals surface area contributed by atoms with Crippen LogP contribution in [0.25, 0.3) is 41.1 Å². The molecular weight excluding hydrogens is 969 g/mol. The lowest BCUT2D eigenvalue weighted by Gasteiger charge is -2.33. The summed E-state index contributed by atoms with van der Waals surface area (Å²) in [4.78, 5) is 2.25. The summed E-state index contributed by atoms with van der Waals surface area (Å²) in [6.45, 7) is 9.06. The lowest BCUT2D eigenvalue weighted by atomic mass is 9.76. The maximum absolute atomic E-state index is 14.1. The third kappa shape index (κ3) is 12.5. The van der Waals surface area contributed by atoms with Crippen LogP contribution in [-0.4, -0.2) is 10.2 Å². The average Bonchev–Trinajstić information content (AvgIpc) is 4.27. The summed E-state index contributed by atoms with van der Waals surface area (Å²) < 4.78 is 2.31. The van der Waals surface area contributed by atoms with Gasteiger partial charge in [0.25, 0.3) is 0 Å². The van der Waals surface area contributed by atoms with Crippen molar-refractivity contribution >= 4 is 54.2 Å². The Morgan fingerprint density at radius 2 is 0.640 bits per heavy atom. The van der Waals surface area contributed by atoms with Gasteiger partial charge in [-0.3, -0.25) is 0 Å². The van der Waals surface area contributed by atoms with Crippen molar-refractivity contribution in [2.75, 3.05) is 0 Å². The number of thiophene rings is 3. The summed E-state index contributed by atoms with van der Waals surface area (Å²) in [5.41, 5.74) is 9.56. The zero-order valence-corrected chi connectivity index (χ0v) is 47.7. The minimum Gasteiger partial charge on any atom is -0.376 e. The van der Waals surface area contributed by atoms with E-state index in [1.807, 2.05) is 0 Å². The highest BCUT2D eigenvalue weighted by Crippen LogP contribution is 2.51. The van der Waals surface area contributed by atoms with E-state index in [2.05, 4.69) is 184 Å². The summed E-state index contributed by atoms with van der Waals surface area (Å²) in [7, 11) is 0. The van der Waals surface area contributed by atoms with Crippen LogP contribution in [0.5, 0.6) is 0 Å². The molecule has 9 aromatic rings. The Labute approximate surface area is 461 Å². The van der Waals surface area contributed by atoms with E-state index in [1.54, 1.807) is 34.0 Å². The van der Waals surface area contributed by atoms with Crippen molar-refractivity contribution in [2.24, 2.45) is 0 Å². The number of benzene rings is 6. The molecule has 0 saturated heterocycles. The van der Waals surface area contributed by atoms with Gasteiger partial charge in [-0.05, 0) is 154 Å². The Hall–Kier alpha value is -5.14. The predicted molar refractivity (Wildman–Crippen MR) is 327 cm³/mol. The molecular formula is C70H80O2S3. The van der Waals surface area contributed by atoms with Gasteiger partial charge in [0, 0.05) is 41.1 Å². The molecule has 3 heterocycles. The second-order valence-corrected chi connectivity index (χ2v) is 24.3. The van der Waals surface area contributed by atoms with Gasteiger partial charge >= 0.3 is 0 Å². The van der Waals surface area contributed by atoms with Gasteiger partial charge in [-0.1, -0.05) is 214 Å². The zero-order chi connectivity index (χ0) is 52.0. The highest BCUT2D eigenvalue weighted by Gasteiger charge is 2.39. The molecule has 0 radical (unpaired) electrons. The van der Waals surface area contributed by atoms with E-state index in [9.17, 15) is 10.2 Å². The van der Waals surface area contributed by atoms with Gasteiger partial charge in [0.05, 0.1) is 0 Å². The van der Waals surface area contributed by atoms with Crippen molar-refractivity contribution in [1.82, 2.24) is 0 Å². The molecule has 0 aliphatic heterocycles. The third-order valence-electron chi connectivity index (χ3n) is 15.9. The fourth-order valence-corrected chi connectivity index (χ4v) is 14.0. The maximum Gasteiger partial charge on any atom is 0.141 e. The van der Waals surface area contributed by atoms with Crippen LogP contribution in [0.15, 0.2) is 156 Å². The number of hydrogen-bond donors (Lipinski definition) is 2. The van der Waals surface area contributed by atoms with Gasteiger partial charge in [0.15, 0.2) is 0 Å². The Kier molecular flexibility index (Phi) is 19.1. The molecule has 6 aromatic carbocycles. The molecule has 390 valence electrons. The van der Waals surface area contributed by atoms with Gasteiger partial charge in [-0.15, -0.1) is 34.0 Å². The van der Waals surface area contributed by atoms with Crippen LogP contribution in [-0.2, 0) is 36.9 Å². The molecule has 0 aliphatic rings. The molecule has 0 aliphatic carbocycles. The fourth-order valence-electron chi connectivity index (χ4n) is 11.4. The highest BCUT2D eigenvalue weighted by atomic mass is 32.1. The number of aryl methyl sites for hydroxylation is 4. The summed E-state index contributed by atoms with van der Waals surface area (Å²) in [6, 6.07) is 53.3. The van der Waals surface area contributed by atoms with Crippen LogP contribution in [0.3, 0.4) is 0 Å². The fraction of sp³-hybridized carbons (Fsp3) is 0.371. The van der Waals surface area contributed by atoms with E-state index in [1.165, 1.54) is 125 Å². The van der Waals surface area contributed by atoms with Gasteiger partial charge in [-0.2, -0.15) is 0 Å². The van der Waals surface area contributed by atoms with Crippen LogP contribution in [0, 0.1) is 0 Å². The molecule has 75 heavy (non-hydrogen) atoms. The van der Waals surface area contributed by atoms with Crippen molar-refractivity contribution < 1.29 is 10.2 Å². The van der Waals surface area contributed by atoms with Gasteiger partial charge in [-0.25, -0.2) is 0 Å². The first-order valence-corrected chi connectivity index (χ1v) is 31.3. The van der Waals surface area contributed by atoms with Gasteiger partial charge in [0.1, 0.15) is 11.2 Å². The Bertz CT molecular complexity index is 2820. The van der Waals surface area contributed by atoms with Crippen molar-refractivity contribution in [3.63, 3.8) is 0 Å². The quantitative estimate of drug-likeness (QED) is 0.0379. The molecule has 0 spiro atoms. The number of hydrogen-bond acceptors (Lipinski definition) is 5. The van der Waals surface area contributed by atoms with Crippen LogP contribution in [0.2, 0.25) is 0 Å². The Morgan fingerprint density at radius 3 is 0.893 bits per heavy atom. The number of rotatable bonds is 28. The summed E-state index contributed by atoms with van der Waals surface area (Å²) in [6.07, 6.45) is 23.7. The molecule has 0 saturated carbocycles. The summed E-state index contributed by atoms with van der Waals surface area (Å²) >= 11 is 5.25. The van der Waals surface area contributed by atoms with Crippen LogP contribution in [0.4, 0.5) is 0 Å². The van der Waals surface area contributed by atoms with E-state index in [0.717, 1.165) is 100 Å². The van der Waals surface area contributed by atoms with Crippen LogP contribution in [0.1, 0.15) is 186 Å². The Morgan fingerprint density at radius 1 is 0.347 bits per heavy atom. The SMILES string of the molecule is CCCCCCc1ccc(C(O)(c2ccc(CCCCCC)cc2)c2cc3c(cc2-c2cccs2)sc2cc(-c4cccs4)c(C(O)(c4ccc(CCCCCC)cc4)c4ccc(CCCCCC)cc4)cc23)cc1. The summed E-state index contributed by atoms with van der Waals surface area (Å²) in [5.74, 6) is 0. The molecule has 0 unspecified atom stereocenters.